The molecule has 2 N–H and O–H groups in total. The van der Waals surface area contributed by atoms with E-state index in [1.165, 1.54) is 0 Å². The van der Waals surface area contributed by atoms with Gasteiger partial charge in [0.15, 0.2) is 5.16 Å². The van der Waals surface area contributed by atoms with E-state index in [0.29, 0.717) is 6.54 Å². The number of nitrogens with zero attached hydrogens (tertiary/aromatic N) is 2. The Morgan fingerprint density at radius 3 is 2.92 bits per heavy atom. The monoisotopic (exact) mass is 201 g/mol. The number of hydrogen-bond donors (Lipinski definition) is 2. The number of hydrogen-bond acceptors (Lipinski definition) is 4. The van der Waals surface area contributed by atoms with Gasteiger partial charge in [-0.25, -0.2) is 4.98 Å². The van der Waals surface area contributed by atoms with E-state index in [2.05, 4.69) is 10.3 Å². The van der Waals surface area contributed by atoms with E-state index in [1.807, 2.05) is 24.9 Å². The largest absolute Gasteiger partial charge is 0.385 e. The van der Waals surface area contributed by atoms with Gasteiger partial charge in [0, 0.05) is 13.6 Å². The zero-order chi connectivity index (χ0) is 9.84. The van der Waals surface area contributed by atoms with Gasteiger partial charge in [-0.1, -0.05) is 11.8 Å². The summed E-state index contributed by atoms with van der Waals surface area (Å²) in [6, 6.07) is 0. The molecule has 74 valence electrons. The van der Waals surface area contributed by atoms with Crippen molar-refractivity contribution < 1.29 is 5.11 Å². The molecule has 1 rings (SSSR count). The molecular formula is C8H15N3OS. The summed E-state index contributed by atoms with van der Waals surface area (Å²) in [5.41, 5.74) is 0.846. The Morgan fingerprint density at radius 1 is 1.77 bits per heavy atom. The van der Waals surface area contributed by atoms with Crippen LogP contribution in [0.4, 0.5) is 0 Å². The molecule has 1 atom stereocenters. The zero-order valence-electron chi connectivity index (χ0n) is 8.11. The van der Waals surface area contributed by atoms with Crippen LogP contribution in [0.2, 0.25) is 0 Å². The lowest BCUT2D eigenvalue weighted by atomic mass is 10.3. The van der Waals surface area contributed by atoms with Crippen LogP contribution >= 0.6 is 11.8 Å². The van der Waals surface area contributed by atoms with Gasteiger partial charge in [-0.05, 0) is 13.3 Å². The van der Waals surface area contributed by atoms with Crippen LogP contribution in [-0.2, 0) is 7.05 Å². The minimum Gasteiger partial charge on any atom is -0.385 e. The highest BCUT2D eigenvalue weighted by Gasteiger charge is 2.12. The van der Waals surface area contributed by atoms with Crippen molar-refractivity contribution in [3.8, 4) is 0 Å². The summed E-state index contributed by atoms with van der Waals surface area (Å²) < 4.78 is 1.91. The molecular weight excluding hydrogens is 186 g/mol. The summed E-state index contributed by atoms with van der Waals surface area (Å²) in [4.78, 5) is 4.18. The zero-order valence-corrected chi connectivity index (χ0v) is 8.93. The third kappa shape index (κ3) is 2.24. The van der Waals surface area contributed by atoms with Crippen LogP contribution in [0.1, 0.15) is 11.8 Å². The van der Waals surface area contributed by atoms with Crippen molar-refractivity contribution in [1.82, 2.24) is 14.9 Å². The smallest absolute Gasteiger partial charge is 0.167 e. The molecule has 0 aliphatic heterocycles. The first-order valence-electron chi connectivity index (χ1n) is 4.09. The standard InChI is InChI=1S/C8H15N3OS/c1-9-5-7(12)6-4-10-8(13-3)11(6)2/h4,7,9,12H,5H2,1-3H3. The van der Waals surface area contributed by atoms with E-state index in [4.69, 9.17) is 0 Å². The number of nitrogens with one attached hydrogen (secondary N) is 1. The van der Waals surface area contributed by atoms with E-state index < -0.39 is 6.10 Å². The van der Waals surface area contributed by atoms with Gasteiger partial charge in [0.1, 0.15) is 6.10 Å². The van der Waals surface area contributed by atoms with Gasteiger partial charge in [-0.3, -0.25) is 0 Å². The Kier molecular flexibility index (Phi) is 3.77. The van der Waals surface area contributed by atoms with E-state index in [-0.39, 0.29) is 0 Å². The minimum atomic E-state index is -0.483. The number of rotatable bonds is 4. The van der Waals surface area contributed by atoms with Crippen LogP contribution < -0.4 is 5.32 Å². The molecule has 1 heterocycles. The SMILES string of the molecule is CNCC(O)c1cnc(SC)n1C. The molecule has 0 amide bonds. The Morgan fingerprint density at radius 2 is 2.46 bits per heavy atom. The molecule has 0 bridgehead atoms. The highest BCUT2D eigenvalue weighted by molar-refractivity contribution is 7.98. The molecule has 0 spiro atoms. The van der Waals surface area contributed by atoms with E-state index >= 15 is 0 Å². The summed E-state index contributed by atoms with van der Waals surface area (Å²) in [7, 11) is 3.72. The molecule has 1 aromatic rings. The van der Waals surface area contributed by atoms with Crippen LogP contribution in [0.15, 0.2) is 11.4 Å². The molecule has 0 saturated heterocycles. The Labute approximate surface area is 82.4 Å². The maximum absolute atomic E-state index is 9.68. The molecule has 1 unspecified atom stereocenters. The van der Waals surface area contributed by atoms with Gasteiger partial charge >= 0.3 is 0 Å². The Bertz CT molecular complexity index is 274. The van der Waals surface area contributed by atoms with Crippen molar-refractivity contribution in [1.29, 1.82) is 0 Å². The first-order chi connectivity index (χ1) is 6.20. The van der Waals surface area contributed by atoms with Crippen LogP contribution in [-0.4, -0.2) is 34.5 Å². The van der Waals surface area contributed by atoms with E-state index in [9.17, 15) is 5.11 Å². The average Bonchev–Trinajstić information content (AvgIpc) is 2.47. The molecule has 0 fully saturated rings. The van der Waals surface area contributed by atoms with Crippen molar-refractivity contribution in [2.45, 2.75) is 11.3 Å². The average molecular weight is 201 g/mol. The van der Waals surface area contributed by atoms with Gasteiger partial charge in [0.05, 0.1) is 11.9 Å². The number of thioether (sulfide) groups is 1. The Balaban J connectivity index is 2.82. The second-order valence-electron chi connectivity index (χ2n) is 2.80. The second-order valence-corrected chi connectivity index (χ2v) is 3.58. The summed E-state index contributed by atoms with van der Waals surface area (Å²) in [6.45, 7) is 0.549. The third-order valence-corrected chi connectivity index (χ3v) is 2.65. The molecule has 5 heteroatoms. The number of imidazole rings is 1. The molecule has 0 saturated carbocycles. The third-order valence-electron chi connectivity index (χ3n) is 1.90. The minimum absolute atomic E-state index is 0.483. The van der Waals surface area contributed by atoms with Crippen molar-refractivity contribution in [3.63, 3.8) is 0 Å². The topological polar surface area (TPSA) is 50.1 Å². The molecule has 0 radical (unpaired) electrons. The summed E-state index contributed by atoms with van der Waals surface area (Å²) in [5.74, 6) is 0. The first kappa shape index (κ1) is 10.6. The highest BCUT2D eigenvalue weighted by atomic mass is 32.2. The second kappa shape index (κ2) is 4.64. The van der Waals surface area contributed by atoms with Gasteiger partial charge < -0.3 is 15.0 Å². The Hall–Kier alpha value is -0.520. The number of aliphatic hydroxyl groups is 1. The highest BCUT2D eigenvalue weighted by Crippen LogP contribution is 2.18. The van der Waals surface area contributed by atoms with Gasteiger partial charge in [-0.15, -0.1) is 0 Å². The quantitative estimate of drug-likeness (QED) is 0.692. The number of likely N-dealkylation sites (N-methyl/N-ethyl adjacent to an activating group) is 1. The van der Waals surface area contributed by atoms with Gasteiger partial charge in [-0.2, -0.15) is 0 Å². The number of aromatic nitrogens is 2. The summed E-state index contributed by atoms with van der Waals surface area (Å²) in [6.07, 6.45) is 3.20. The molecule has 0 aromatic carbocycles. The summed E-state index contributed by atoms with van der Waals surface area (Å²) >= 11 is 1.57. The fourth-order valence-electron chi connectivity index (χ4n) is 1.20. The molecule has 0 aliphatic rings. The van der Waals surface area contributed by atoms with E-state index in [0.717, 1.165) is 10.9 Å². The van der Waals surface area contributed by atoms with Crippen LogP contribution in [0.25, 0.3) is 0 Å². The van der Waals surface area contributed by atoms with Crippen LogP contribution in [0.5, 0.6) is 0 Å². The van der Waals surface area contributed by atoms with E-state index in [1.54, 1.807) is 18.0 Å². The molecule has 4 nitrogen and oxygen atoms in total. The van der Waals surface area contributed by atoms with Gasteiger partial charge in [0.25, 0.3) is 0 Å². The van der Waals surface area contributed by atoms with Crippen LogP contribution in [0, 0.1) is 0 Å². The maximum Gasteiger partial charge on any atom is 0.167 e. The fraction of sp³-hybridized carbons (Fsp3) is 0.625. The molecule has 1 aromatic heterocycles. The maximum atomic E-state index is 9.68. The van der Waals surface area contributed by atoms with Crippen molar-refractivity contribution >= 4 is 11.8 Å². The first-order valence-corrected chi connectivity index (χ1v) is 5.31. The molecule has 13 heavy (non-hydrogen) atoms. The van der Waals surface area contributed by atoms with Crippen LogP contribution in [0.3, 0.4) is 0 Å². The van der Waals surface area contributed by atoms with Crippen molar-refractivity contribution in [3.05, 3.63) is 11.9 Å². The predicted molar refractivity (Wildman–Crippen MR) is 53.9 cm³/mol. The predicted octanol–water partition coefficient (Wildman–Crippen LogP) is 0.395. The lowest BCUT2D eigenvalue weighted by Crippen LogP contribution is -2.18. The lowest BCUT2D eigenvalue weighted by Gasteiger charge is -2.10. The normalized spacial score (nSPS) is 13.2. The lowest BCUT2D eigenvalue weighted by molar-refractivity contribution is 0.168. The fourth-order valence-corrected chi connectivity index (χ4v) is 1.74. The van der Waals surface area contributed by atoms with Crippen molar-refractivity contribution in [2.24, 2.45) is 7.05 Å². The van der Waals surface area contributed by atoms with Crippen molar-refractivity contribution in [2.75, 3.05) is 19.8 Å². The molecule has 0 aliphatic carbocycles. The summed E-state index contributed by atoms with van der Waals surface area (Å²) in [5, 5.41) is 13.5. The number of aliphatic hydroxyl groups excluding tert-OH is 1. The van der Waals surface area contributed by atoms with Gasteiger partial charge in [0.2, 0.25) is 0 Å².